The monoisotopic (exact) mass is 423 g/mol. The van der Waals surface area contributed by atoms with Gasteiger partial charge in [0.1, 0.15) is 0 Å². The summed E-state index contributed by atoms with van der Waals surface area (Å²) in [6.07, 6.45) is 5.18. The van der Waals surface area contributed by atoms with Crippen LogP contribution in [0, 0.1) is 20.8 Å². The Morgan fingerprint density at radius 1 is 0.871 bits per heavy atom. The van der Waals surface area contributed by atoms with E-state index in [0.29, 0.717) is 0 Å². The summed E-state index contributed by atoms with van der Waals surface area (Å²) in [4.78, 5) is 10.6. The Labute approximate surface area is 190 Å². The van der Waals surface area contributed by atoms with Crippen LogP contribution in [0.2, 0.25) is 0 Å². The number of rotatable bonds is 0. The average Bonchev–Trinajstić information content (AvgIpc) is 3.17. The van der Waals surface area contributed by atoms with Gasteiger partial charge in [0.2, 0.25) is 5.56 Å². The highest BCUT2D eigenvalue weighted by molar-refractivity contribution is 5.35. The topological polar surface area (TPSA) is 39.8 Å². The number of nitrogens with zero attached hydrogens (tertiary/aromatic N) is 3. The van der Waals surface area contributed by atoms with Crippen molar-refractivity contribution in [3.8, 4) is 0 Å². The Balaban J connectivity index is 0. The van der Waals surface area contributed by atoms with Crippen LogP contribution in [-0.4, -0.2) is 14.3 Å². The van der Waals surface area contributed by atoms with Gasteiger partial charge in [-0.15, -0.1) is 0 Å². The zero-order chi connectivity index (χ0) is 23.4. The molecule has 1 aromatic carbocycles. The molecule has 1 aliphatic carbocycles. The Morgan fingerprint density at radius 3 is 1.71 bits per heavy atom. The van der Waals surface area contributed by atoms with Gasteiger partial charge in [-0.1, -0.05) is 64.8 Å². The van der Waals surface area contributed by atoms with Crippen molar-refractivity contribution in [2.45, 2.75) is 48.0 Å². The molecule has 4 rings (SSSR count). The first-order chi connectivity index (χ1) is 14.6. The largest absolute Gasteiger partial charge is 0.319 e. The minimum absolute atomic E-state index is 0. The second-order valence-corrected chi connectivity index (χ2v) is 7.99. The molecule has 0 fully saturated rings. The number of allylic oxidation sites excluding steroid dienone is 4. The first-order valence-electron chi connectivity index (χ1n) is 10.5. The predicted molar refractivity (Wildman–Crippen MR) is 137 cm³/mol. The number of hydrogen-bond donors (Lipinski definition) is 0. The van der Waals surface area contributed by atoms with Crippen molar-refractivity contribution in [3.05, 3.63) is 111 Å². The molecular weight excluding hydrogens is 382 g/mol. The molecule has 0 bridgehead atoms. The zero-order valence-corrected chi connectivity index (χ0v) is 20.3. The fraction of sp³-hybridized carbons (Fsp3) is 0.333. The van der Waals surface area contributed by atoms with Crippen LogP contribution in [0.1, 0.15) is 47.0 Å². The molecule has 2 heterocycles. The predicted octanol–water partition coefficient (Wildman–Crippen LogP) is 6.58. The van der Waals surface area contributed by atoms with Crippen LogP contribution in [-0.2, 0) is 14.1 Å². The average molecular weight is 424 g/mol. The molecule has 0 N–H and O–H groups in total. The third-order valence-electron chi connectivity index (χ3n) is 4.86. The van der Waals surface area contributed by atoms with Crippen LogP contribution in [0.3, 0.4) is 0 Å². The standard InChI is InChI=1S/C8H12.C7H8.C6H10N2.C6H7NO.2H2/c1-6-4-7(2)8(3)5-6;1-7-5-3-2-4-6-7;1-5-4-6(2)8(3)7-5;1-7-5-3-2-4-6(7)8;;/h4H,5H2,1-3H3;2-6H,1H3;4H,1-3H3;2-5H,1H3;2*1H. The summed E-state index contributed by atoms with van der Waals surface area (Å²) in [5, 5.41) is 4.13. The van der Waals surface area contributed by atoms with Crippen molar-refractivity contribution in [2.75, 3.05) is 0 Å². The molecule has 3 aromatic rings. The van der Waals surface area contributed by atoms with E-state index >= 15 is 0 Å². The smallest absolute Gasteiger partial charge is 0.250 e. The third kappa shape index (κ3) is 10.4. The van der Waals surface area contributed by atoms with Gasteiger partial charge in [-0.25, -0.2) is 0 Å². The van der Waals surface area contributed by atoms with Gasteiger partial charge in [0.05, 0.1) is 5.69 Å². The van der Waals surface area contributed by atoms with Crippen LogP contribution in [0.15, 0.2) is 88.4 Å². The molecule has 0 spiro atoms. The maximum absolute atomic E-state index is 10.6. The summed E-state index contributed by atoms with van der Waals surface area (Å²) < 4.78 is 3.40. The van der Waals surface area contributed by atoms with Gasteiger partial charge < -0.3 is 4.57 Å². The number of hydrogen-bond acceptors (Lipinski definition) is 2. The Morgan fingerprint density at radius 2 is 1.48 bits per heavy atom. The number of benzene rings is 1. The molecule has 0 aliphatic heterocycles. The van der Waals surface area contributed by atoms with Gasteiger partial charge >= 0.3 is 0 Å². The molecule has 0 unspecified atom stereocenters. The van der Waals surface area contributed by atoms with Crippen LogP contribution >= 0.6 is 0 Å². The fourth-order valence-corrected chi connectivity index (χ4v) is 2.88. The molecule has 0 saturated heterocycles. The van der Waals surface area contributed by atoms with E-state index in [9.17, 15) is 4.79 Å². The van der Waals surface area contributed by atoms with Crippen molar-refractivity contribution < 1.29 is 2.85 Å². The molecule has 4 nitrogen and oxygen atoms in total. The van der Waals surface area contributed by atoms with Gasteiger partial charge in [0.15, 0.2) is 0 Å². The van der Waals surface area contributed by atoms with Crippen LogP contribution < -0.4 is 5.56 Å². The van der Waals surface area contributed by atoms with Crippen LogP contribution in [0.25, 0.3) is 0 Å². The fourth-order valence-electron chi connectivity index (χ4n) is 2.88. The second-order valence-electron chi connectivity index (χ2n) is 7.99. The summed E-state index contributed by atoms with van der Waals surface area (Å²) in [5.41, 5.74) is 8.15. The van der Waals surface area contributed by atoms with E-state index in [1.165, 1.54) is 45.0 Å². The molecule has 0 atom stereocenters. The Hall–Kier alpha value is -3.14. The van der Waals surface area contributed by atoms with Crippen molar-refractivity contribution in [2.24, 2.45) is 14.1 Å². The highest BCUT2D eigenvalue weighted by Gasteiger charge is 2.02. The molecule has 1 aliphatic rings. The van der Waals surface area contributed by atoms with Gasteiger partial charge in [-0.2, -0.15) is 5.10 Å². The minimum atomic E-state index is 0. The van der Waals surface area contributed by atoms with E-state index in [2.05, 4.69) is 57.1 Å². The maximum atomic E-state index is 10.6. The second kappa shape index (κ2) is 13.2. The van der Waals surface area contributed by atoms with E-state index in [1.807, 2.05) is 49.8 Å². The summed E-state index contributed by atoms with van der Waals surface area (Å²) in [6, 6.07) is 17.4. The summed E-state index contributed by atoms with van der Waals surface area (Å²) in [5.74, 6) is 0. The van der Waals surface area contributed by atoms with Gasteiger partial charge in [0.25, 0.3) is 0 Å². The first kappa shape index (κ1) is 25.9. The number of pyridine rings is 1. The molecule has 4 heteroatoms. The van der Waals surface area contributed by atoms with E-state index in [0.717, 1.165) is 5.69 Å². The van der Waals surface area contributed by atoms with Gasteiger partial charge in [0, 0.05) is 34.9 Å². The van der Waals surface area contributed by atoms with Crippen LogP contribution in [0.4, 0.5) is 0 Å². The minimum Gasteiger partial charge on any atom is -0.319 e. The molecule has 170 valence electrons. The number of aryl methyl sites for hydroxylation is 5. The lowest BCUT2D eigenvalue weighted by molar-refractivity contribution is 0.731. The van der Waals surface area contributed by atoms with Crippen LogP contribution in [0.5, 0.6) is 0 Å². The van der Waals surface area contributed by atoms with E-state index in [1.54, 1.807) is 19.3 Å². The Kier molecular flexibility index (Phi) is 11.0. The zero-order valence-electron chi connectivity index (χ0n) is 20.3. The molecule has 31 heavy (non-hydrogen) atoms. The SMILES string of the molecule is CC1=CC(C)=C(C)C1.Cc1cc(C)n(C)n1.Cc1ccccc1.Cn1ccccc1=O.[HH].[HH]. The van der Waals surface area contributed by atoms with E-state index in [4.69, 9.17) is 0 Å². The van der Waals surface area contributed by atoms with E-state index < -0.39 is 0 Å². The lowest BCUT2D eigenvalue weighted by Gasteiger charge is -1.90. The Bertz CT molecular complexity index is 1040. The van der Waals surface area contributed by atoms with E-state index in [-0.39, 0.29) is 8.41 Å². The van der Waals surface area contributed by atoms with Gasteiger partial charge in [-0.3, -0.25) is 9.48 Å². The number of aromatic nitrogens is 3. The van der Waals surface area contributed by atoms with Gasteiger partial charge in [-0.05, 0) is 60.1 Å². The van der Waals surface area contributed by atoms with Crippen molar-refractivity contribution >= 4 is 0 Å². The highest BCUT2D eigenvalue weighted by atomic mass is 16.1. The lowest BCUT2D eigenvalue weighted by Crippen LogP contribution is -2.12. The third-order valence-corrected chi connectivity index (χ3v) is 4.86. The molecule has 2 aromatic heterocycles. The quantitative estimate of drug-likeness (QED) is 0.409. The normalized spacial score (nSPS) is 11.9. The molecular formula is C27H41N3O. The summed E-state index contributed by atoms with van der Waals surface area (Å²) in [7, 11) is 3.67. The van der Waals surface area contributed by atoms with Crippen molar-refractivity contribution in [1.29, 1.82) is 0 Å². The maximum Gasteiger partial charge on any atom is 0.250 e. The van der Waals surface area contributed by atoms with Crippen molar-refractivity contribution in [3.63, 3.8) is 0 Å². The molecule has 0 amide bonds. The lowest BCUT2D eigenvalue weighted by atomic mass is 10.2. The molecule has 0 saturated carbocycles. The first-order valence-corrected chi connectivity index (χ1v) is 10.5. The van der Waals surface area contributed by atoms with Crippen molar-refractivity contribution in [1.82, 2.24) is 14.3 Å². The molecule has 0 radical (unpaired) electrons. The highest BCUT2D eigenvalue weighted by Crippen LogP contribution is 2.23. The summed E-state index contributed by atoms with van der Waals surface area (Å²) in [6.45, 7) is 12.7. The summed E-state index contributed by atoms with van der Waals surface area (Å²) >= 11 is 0.